The van der Waals surface area contributed by atoms with Gasteiger partial charge in [-0.15, -0.1) is 0 Å². The van der Waals surface area contributed by atoms with Crippen LogP contribution in [0.3, 0.4) is 0 Å². The molecular formula is C13H19FN2OS. The summed E-state index contributed by atoms with van der Waals surface area (Å²) in [7, 11) is 1.46. The van der Waals surface area contributed by atoms with Gasteiger partial charge >= 0.3 is 0 Å². The lowest BCUT2D eigenvalue weighted by Crippen LogP contribution is -2.33. The molecule has 0 saturated carbocycles. The molecule has 0 aromatic heterocycles. The molecule has 0 atom stereocenters. The Hall–Kier alpha value is -1.20. The van der Waals surface area contributed by atoms with Gasteiger partial charge in [-0.2, -0.15) is 0 Å². The molecule has 0 radical (unpaired) electrons. The van der Waals surface area contributed by atoms with Crippen molar-refractivity contribution in [3.05, 3.63) is 29.6 Å². The van der Waals surface area contributed by atoms with Crippen LogP contribution in [0.5, 0.6) is 5.75 Å². The lowest BCUT2D eigenvalue weighted by atomic mass is 10.1. The van der Waals surface area contributed by atoms with Crippen molar-refractivity contribution in [1.29, 1.82) is 0 Å². The molecule has 0 aliphatic heterocycles. The van der Waals surface area contributed by atoms with Gasteiger partial charge in [-0.3, -0.25) is 4.90 Å². The Kier molecular flexibility index (Phi) is 6.01. The van der Waals surface area contributed by atoms with Crippen LogP contribution in [0.4, 0.5) is 4.39 Å². The van der Waals surface area contributed by atoms with E-state index in [1.165, 1.54) is 7.11 Å². The van der Waals surface area contributed by atoms with Crippen LogP contribution >= 0.6 is 12.2 Å². The molecule has 1 aromatic rings. The zero-order valence-electron chi connectivity index (χ0n) is 10.8. The lowest BCUT2D eigenvalue weighted by Gasteiger charge is -2.21. The average Bonchev–Trinajstić information content (AvgIpc) is 2.31. The predicted octanol–water partition coefficient (Wildman–Crippen LogP) is 2.33. The van der Waals surface area contributed by atoms with Crippen LogP contribution in [-0.4, -0.2) is 30.1 Å². The molecule has 0 aliphatic rings. The number of hydrogen-bond acceptors (Lipinski definition) is 3. The average molecular weight is 270 g/mol. The molecule has 0 unspecified atom stereocenters. The van der Waals surface area contributed by atoms with E-state index in [-0.39, 0.29) is 11.6 Å². The van der Waals surface area contributed by atoms with Gasteiger partial charge in [0.05, 0.1) is 12.1 Å². The smallest absolute Gasteiger partial charge is 0.169 e. The van der Waals surface area contributed by atoms with Gasteiger partial charge in [0.15, 0.2) is 11.6 Å². The van der Waals surface area contributed by atoms with Crippen molar-refractivity contribution in [3.8, 4) is 5.75 Å². The van der Waals surface area contributed by atoms with Gasteiger partial charge in [0.25, 0.3) is 0 Å². The summed E-state index contributed by atoms with van der Waals surface area (Å²) in [5.74, 6) is -0.0525. The molecule has 0 bridgehead atoms. The largest absolute Gasteiger partial charge is 0.494 e. The van der Waals surface area contributed by atoms with Gasteiger partial charge in [0.1, 0.15) is 0 Å². The van der Waals surface area contributed by atoms with Crippen molar-refractivity contribution in [3.63, 3.8) is 0 Å². The SMILES string of the molecule is CCCN(CC(N)=S)Cc1cccc(OC)c1F. The number of benzene rings is 1. The summed E-state index contributed by atoms with van der Waals surface area (Å²) < 4.78 is 19.0. The molecule has 0 fully saturated rings. The first-order valence-electron chi connectivity index (χ1n) is 5.90. The van der Waals surface area contributed by atoms with Gasteiger partial charge in [0.2, 0.25) is 0 Å². The third-order valence-corrected chi connectivity index (χ3v) is 2.71. The highest BCUT2D eigenvalue weighted by Crippen LogP contribution is 2.21. The van der Waals surface area contributed by atoms with Crippen LogP contribution in [0.1, 0.15) is 18.9 Å². The lowest BCUT2D eigenvalue weighted by molar-refractivity contribution is 0.296. The second-order valence-electron chi connectivity index (χ2n) is 4.11. The molecular weight excluding hydrogens is 251 g/mol. The summed E-state index contributed by atoms with van der Waals surface area (Å²) >= 11 is 4.90. The molecule has 1 rings (SSSR count). The summed E-state index contributed by atoms with van der Waals surface area (Å²) in [4.78, 5) is 2.45. The Morgan fingerprint density at radius 1 is 1.50 bits per heavy atom. The van der Waals surface area contributed by atoms with E-state index in [1.54, 1.807) is 18.2 Å². The number of thiocarbonyl (C=S) groups is 1. The van der Waals surface area contributed by atoms with Crippen LogP contribution in [0.25, 0.3) is 0 Å². The number of nitrogens with two attached hydrogens (primary N) is 1. The van der Waals surface area contributed by atoms with Crippen LogP contribution in [0.15, 0.2) is 18.2 Å². The van der Waals surface area contributed by atoms with Gasteiger partial charge in [0, 0.05) is 18.7 Å². The minimum Gasteiger partial charge on any atom is -0.494 e. The zero-order valence-corrected chi connectivity index (χ0v) is 11.6. The number of methoxy groups -OCH3 is 1. The fourth-order valence-electron chi connectivity index (χ4n) is 1.83. The highest BCUT2D eigenvalue weighted by atomic mass is 32.1. The molecule has 0 aliphatic carbocycles. The zero-order chi connectivity index (χ0) is 13.5. The van der Waals surface area contributed by atoms with Crippen LogP contribution < -0.4 is 10.5 Å². The van der Waals surface area contributed by atoms with Crippen molar-refractivity contribution in [2.45, 2.75) is 19.9 Å². The molecule has 0 heterocycles. The molecule has 0 saturated heterocycles. The van der Waals surface area contributed by atoms with Crippen molar-refractivity contribution in [2.75, 3.05) is 20.2 Å². The Labute approximate surface area is 113 Å². The topological polar surface area (TPSA) is 38.5 Å². The van der Waals surface area contributed by atoms with Gasteiger partial charge in [-0.05, 0) is 19.0 Å². The third-order valence-electron chi connectivity index (χ3n) is 2.58. The van der Waals surface area contributed by atoms with E-state index < -0.39 is 0 Å². The first kappa shape index (κ1) is 14.9. The summed E-state index contributed by atoms with van der Waals surface area (Å²) in [5, 5.41) is 0. The first-order chi connectivity index (χ1) is 8.58. The molecule has 5 heteroatoms. The Bertz CT molecular complexity index is 412. The maximum atomic E-state index is 14.0. The van der Waals surface area contributed by atoms with Crippen molar-refractivity contribution >= 4 is 17.2 Å². The highest BCUT2D eigenvalue weighted by Gasteiger charge is 2.12. The Balaban J connectivity index is 2.82. The number of nitrogens with zero attached hydrogens (tertiary/aromatic N) is 1. The quantitative estimate of drug-likeness (QED) is 0.772. The number of ether oxygens (including phenoxy) is 1. The molecule has 1 aromatic carbocycles. The van der Waals surface area contributed by atoms with E-state index in [0.29, 0.717) is 23.6 Å². The highest BCUT2D eigenvalue weighted by molar-refractivity contribution is 7.80. The second kappa shape index (κ2) is 7.28. The molecule has 100 valence electrons. The third kappa shape index (κ3) is 4.23. The summed E-state index contributed by atoms with van der Waals surface area (Å²) in [6.45, 7) is 3.87. The van der Waals surface area contributed by atoms with Gasteiger partial charge in [-0.25, -0.2) is 4.39 Å². The summed E-state index contributed by atoms with van der Waals surface area (Å²) in [5.41, 5.74) is 6.14. The number of halogens is 1. The van der Waals surface area contributed by atoms with E-state index >= 15 is 0 Å². The van der Waals surface area contributed by atoms with Crippen molar-refractivity contribution in [1.82, 2.24) is 4.90 Å². The fourth-order valence-corrected chi connectivity index (χ4v) is 2.01. The molecule has 0 amide bonds. The molecule has 18 heavy (non-hydrogen) atoms. The molecule has 2 N–H and O–H groups in total. The summed E-state index contributed by atoms with van der Waals surface area (Å²) in [6, 6.07) is 5.14. The number of hydrogen-bond donors (Lipinski definition) is 1. The van der Waals surface area contributed by atoms with Crippen LogP contribution in [0.2, 0.25) is 0 Å². The molecule has 0 spiro atoms. The fraction of sp³-hybridized carbons (Fsp3) is 0.462. The first-order valence-corrected chi connectivity index (χ1v) is 6.31. The predicted molar refractivity (Wildman–Crippen MR) is 75.3 cm³/mol. The van der Waals surface area contributed by atoms with E-state index in [2.05, 4.69) is 6.92 Å². The number of rotatable bonds is 7. The molecule has 3 nitrogen and oxygen atoms in total. The van der Waals surface area contributed by atoms with E-state index in [9.17, 15) is 4.39 Å². The van der Waals surface area contributed by atoms with E-state index in [0.717, 1.165) is 13.0 Å². The van der Waals surface area contributed by atoms with E-state index in [1.807, 2.05) is 4.90 Å². The van der Waals surface area contributed by atoms with Crippen molar-refractivity contribution < 1.29 is 9.13 Å². The van der Waals surface area contributed by atoms with Gasteiger partial charge < -0.3 is 10.5 Å². The standard InChI is InChI=1S/C13H19FN2OS/c1-3-7-16(9-12(15)18)8-10-5-4-6-11(17-2)13(10)14/h4-6H,3,7-9H2,1-2H3,(H2,15,18). The van der Waals surface area contributed by atoms with Gasteiger partial charge in [-0.1, -0.05) is 31.3 Å². The van der Waals surface area contributed by atoms with Crippen LogP contribution in [0, 0.1) is 5.82 Å². The Morgan fingerprint density at radius 2 is 2.22 bits per heavy atom. The second-order valence-corrected chi connectivity index (χ2v) is 4.63. The maximum absolute atomic E-state index is 14.0. The summed E-state index contributed by atoms with van der Waals surface area (Å²) in [6.07, 6.45) is 0.966. The van der Waals surface area contributed by atoms with E-state index in [4.69, 9.17) is 22.7 Å². The van der Waals surface area contributed by atoms with Crippen LogP contribution in [-0.2, 0) is 6.54 Å². The van der Waals surface area contributed by atoms with Crippen molar-refractivity contribution in [2.24, 2.45) is 5.73 Å². The minimum absolute atomic E-state index is 0.263. The normalized spacial score (nSPS) is 10.7. The maximum Gasteiger partial charge on any atom is 0.169 e. The minimum atomic E-state index is -0.316. The Morgan fingerprint density at radius 3 is 2.78 bits per heavy atom. The monoisotopic (exact) mass is 270 g/mol.